The Balaban J connectivity index is 1.37. The van der Waals surface area contributed by atoms with Gasteiger partial charge in [-0.1, -0.05) is 64.4 Å². The molecule has 196 valence electrons. The normalized spacial score (nSPS) is 17.6. The van der Waals surface area contributed by atoms with Crippen molar-refractivity contribution in [3.05, 3.63) is 54.9 Å². The molecular weight excluding hydrogens is 444 g/mol. The van der Waals surface area contributed by atoms with Crippen LogP contribution in [0.1, 0.15) is 109 Å². The van der Waals surface area contributed by atoms with Crippen LogP contribution < -0.4 is 4.74 Å². The van der Waals surface area contributed by atoms with Crippen LogP contribution in [0.25, 0.3) is 11.4 Å². The molecule has 0 saturated heterocycles. The number of unbranched alkanes of at least 4 members (excludes halogenated alkanes) is 8. The third-order valence-corrected chi connectivity index (χ3v) is 7.56. The lowest BCUT2D eigenvalue weighted by molar-refractivity contribution is -0.140. The number of hydrogen-bond donors (Lipinski definition) is 0. The number of carbonyl (C=O) groups excluding carboxylic acids is 1. The Bertz CT molecular complexity index is 883. The van der Waals surface area contributed by atoms with Crippen molar-refractivity contribution in [1.29, 1.82) is 0 Å². The fourth-order valence-electron chi connectivity index (χ4n) is 5.21. The Morgan fingerprint density at radius 2 is 1.56 bits per heavy atom. The van der Waals surface area contributed by atoms with E-state index < -0.39 is 0 Å². The first kappa shape index (κ1) is 28.1. The molecule has 1 aliphatic carbocycles. The van der Waals surface area contributed by atoms with Gasteiger partial charge >= 0.3 is 5.97 Å². The van der Waals surface area contributed by atoms with Gasteiger partial charge in [-0.25, -0.2) is 9.97 Å². The van der Waals surface area contributed by atoms with E-state index in [-0.39, 0.29) is 11.9 Å². The molecule has 36 heavy (non-hydrogen) atoms. The zero-order valence-corrected chi connectivity index (χ0v) is 22.4. The minimum Gasteiger partial charge on any atom is -0.426 e. The smallest absolute Gasteiger partial charge is 0.314 e. The van der Waals surface area contributed by atoms with E-state index in [1.54, 1.807) is 0 Å². The van der Waals surface area contributed by atoms with Gasteiger partial charge in [-0.15, -0.1) is 6.58 Å². The predicted octanol–water partition coefficient (Wildman–Crippen LogP) is 8.89. The van der Waals surface area contributed by atoms with Crippen molar-refractivity contribution in [3.63, 3.8) is 0 Å². The number of ether oxygens (including phenoxy) is 1. The minimum absolute atomic E-state index is 0.0252. The zero-order chi connectivity index (χ0) is 25.4. The summed E-state index contributed by atoms with van der Waals surface area (Å²) in [6.07, 6.45) is 25.2. The molecule has 0 atom stereocenters. The molecule has 1 saturated carbocycles. The highest BCUT2D eigenvalue weighted by Crippen LogP contribution is 2.33. The van der Waals surface area contributed by atoms with Crippen LogP contribution in [0.3, 0.4) is 0 Å². The van der Waals surface area contributed by atoms with Gasteiger partial charge in [-0.2, -0.15) is 0 Å². The van der Waals surface area contributed by atoms with Crippen LogP contribution in [0.4, 0.5) is 0 Å². The first-order valence-electron chi connectivity index (χ1n) is 14.4. The molecule has 2 aromatic rings. The second-order valence-electron chi connectivity index (χ2n) is 10.5. The van der Waals surface area contributed by atoms with E-state index in [1.165, 1.54) is 69.8 Å². The molecule has 1 fully saturated rings. The summed E-state index contributed by atoms with van der Waals surface area (Å²) in [4.78, 5) is 21.8. The van der Waals surface area contributed by atoms with Gasteiger partial charge in [0, 0.05) is 18.0 Å². The van der Waals surface area contributed by atoms with Crippen LogP contribution in [-0.2, 0) is 11.2 Å². The minimum atomic E-state index is -0.0890. The van der Waals surface area contributed by atoms with Crippen molar-refractivity contribution >= 4 is 5.97 Å². The molecule has 0 spiro atoms. The highest BCUT2D eigenvalue weighted by atomic mass is 16.5. The molecule has 3 rings (SSSR count). The van der Waals surface area contributed by atoms with Crippen LogP contribution in [0, 0.1) is 11.8 Å². The maximum atomic E-state index is 12.7. The molecule has 0 unspecified atom stereocenters. The van der Waals surface area contributed by atoms with Gasteiger partial charge in [0.2, 0.25) is 0 Å². The van der Waals surface area contributed by atoms with E-state index in [1.807, 2.05) is 42.7 Å². The van der Waals surface area contributed by atoms with Crippen LogP contribution in [0.5, 0.6) is 5.75 Å². The van der Waals surface area contributed by atoms with Gasteiger partial charge in [-0.05, 0) is 87.1 Å². The molecule has 1 aromatic heterocycles. The van der Waals surface area contributed by atoms with Crippen molar-refractivity contribution < 1.29 is 9.53 Å². The number of allylic oxidation sites excluding steroid dienone is 1. The molecule has 0 amide bonds. The number of rotatable bonds is 16. The molecule has 0 bridgehead atoms. The van der Waals surface area contributed by atoms with Crippen molar-refractivity contribution in [2.24, 2.45) is 11.8 Å². The third kappa shape index (κ3) is 9.87. The van der Waals surface area contributed by atoms with Crippen molar-refractivity contribution in [1.82, 2.24) is 9.97 Å². The van der Waals surface area contributed by atoms with Gasteiger partial charge in [0.15, 0.2) is 5.82 Å². The Labute approximate surface area is 219 Å². The fraction of sp³-hybridized carbons (Fsp3) is 0.594. The Morgan fingerprint density at radius 3 is 2.19 bits per heavy atom. The standard InChI is InChI=1S/C32H46N2O2/c1-3-5-7-8-9-10-11-13-15-27-24-33-31(34-25-27)28-20-22-30(23-21-28)36-32(35)29-18-16-26(17-19-29)14-12-6-4-2/h4,20-26,29H,2-3,5-19H2,1H3. The highest BCUT2D eigenvalue weighted by molar-refractivity contribution is 5.75. The largest absolute Gasteiger partial charge is 0.426 e. The average Bonchev–Trinajstić information content (AvgIpc) is 2.91. The molecule has 0 N–H and O–H groups in total. The molecule has 1 aliphatic rings. The lowest BCUT2D eigenvalue weighted by Gasteiger charge is -2.27. The number of hydrogen-bond acceptors (Lipinski definition) is 4. The lowest BCUT2D eigenvalue weighted by Crippen LogP contribution is -2.25. The van der Waals surface area contributed by atoms with Crippen LogP contribution >= 0.6 is 0 Å². The van der Waals surface area contributed by atoms with Crippen molar-refractivity contribution in [2.45, 2.75) is 110 Å². The molecule has 4 heteroatoms. The van der Waals surface area contributed by atoms with Gasteiger partial charge in [0.05, 0.1) is 5.92 Å². The number of aromatic nitrogens is 2. The molecule has 1 aromatic carbocycles. The SMILES string of the molecule is C=CCCCC1CCC(C(=O)Oc2ccc(-c3ncc(CCCCCCCCCC)cn3)cc2)CC1. The summed E-state index contributed by atoms with van der Waals surface area (Å²) in [5.74, 6) is 2.00. The van der Waals surface area contributed by atoms with Crippen molar-refractivity contribution in [3.8, 4) is 17.1 Å². The monoisotopic (exact) mass is 490 g/mol. The Kier molecular flexibility index (Phi) is 12.7. The van der Waals surface area contributed by atoms with Crippen LogP contribution in [0.15, 0.2) is 49.3 Å². The van der Waals surface area contributed by atoms with Gasteiger partial charge in [0.25, 0.3) is 0 Å². The topological polar surface area (TPSA) is 52.1 Å². The predicted molar refractivity (Wildman–Crippen MR) is 149 cm³/mol. The fourth-order valence-corrected chi connectivity index (χ4v) is 5.21. The first-order valence-corrected chi connectivity index (χ1v) is 14.4. The summed E-state index contributed by atoms with van der Waals surface area (Å²) in [6, 6.07) is 7.58. The molecule has 4 nitrogen and oxygen atoms in total. The van der Waals surface area contributed by atoms with E-state index >= 15 is 0 Å². The molecule has 1 heterocycles. The molecular formula is C32H46N2O2. The van der Waals surface area contributed by atoms with Gasteiger partial charge < -0.3 is 4.74 Å². The van der Waals surface area contributed by atoms with E-state index in [4.69, 9.17) is 4.74 Å². The van der Waals surface area contributed by atoms with Crippen LogP contribution in [-0.4, -0.2) is 15.9 Å². The lowest BCUT2D eigenvalue weighted by atomic mass is 9.80. The summed E-state index contributed by atoms with van der Waals surface area (Å²) >= 11 is 0. The number of aryl methyl sites for hydroxylation is 1. The summed E-state index contributed by atoms with van der Waals surface area (Å²) < 4.78 is 5.70. The second kappa shape index (κ2) is 16.3. The number of carbonyl (C=O) groups is 1. The molecule has 0 radical (unpaired) electrons. The van der Waals surface area contributed by atoms with Crippen molar-refractivity contribution in [2.75, 3.05) is 0 Å². The summed E-state index contributed by atoms with van der Waals surface area (Å²) in [6.45, 7) is 6.06. The molecule has 0 aliphatic heterocycles. The Hall–Kier alpha value is -2.49. The van der Waals surface area contributed by atoms with Gasteiger partial charge in [-0.3, -0.25) is 4.79 Å². The maximum absolute atomic E-state index is 12.7. The van der Waals surface area contributed by atoms with E-state index in [2.05, 4.69) is 23.5 Å². The summed E-state index contributed by atoms with van der Waals surface area (Å²) in [7, 11) is 0. The number of esters is 1. The van der Waals surface area contributed by atoms with Crippen LogP contribution in [0.2, 0.25) is 0 Å². The zero-order valence-electron chi connectivity index (χ0n) is 22.4. The highest BCUT2D eigenvalue weighted by Gasteiger charge is 2.27. The average molecular weight is 491 g/mol. The third-order valence-electron chi connectivity index (χ3n) is 7.56. The Morgan fingerprint density at radius 1 is 0.917 bits per heavy atom. The quantitative estimate of drug-likeness (QED) is 0.102. The van der Waals surface area contributed by atoms with E-state index in [9.17, 15) is 4.79 Å². The summed E-state index contributed by atoms with van der Waals surface area (Å²) in [5, 5.41) is 0. The van der Waals surface area contributed by atoms with Gasteiger partial charge in [0.1, 0.15) is 5.75 Å². The number of benzene rings is 1. The first-order chi connectivity index (χ1) is 17.7. The van der Waals surface area contributed by atoms with E-state index in [0.717, 1.165) is 50.0 Å². The maximum Gasteiger partial charge on any atom is 0.314 e. The number of nitrogens with zero attached hydrogens (tertiary/aromatic N) is 2. The van der Waals surface area contributed by atoms with E-state index in [0.29, 0.717) is 11.6 Å². The summed E-state index contributed by atoms with van der Waals surface area (Å²) in [5.41, 5.74) is 2.14. The second-order valence-corrected chi connectivity index (χ2v) is 10.5.